The maximum Gasteiger partial charge on any atom is 0.0381 e. The molecular weight excluding hydrogens is 374 g/mol. The number of anilines is 1. The number of nitrogens with one attached hydrogen (secondary N) is 1. The summed E-state index contributed by atoms with van der Waals surface area (Å²) in [4.78, 5) is 0. The Hall–Kier alpha value is -2.80. The Kier molecular flexibility index (Phi) is 14.5. The first-order valence-corrected chi connectivity index (χ1v) is 11.3. The minimum atomic E-state index is 1.01. The number of allylic oxidation sites excluding steroid dienone is 7. The lowest BCUT2D eigenvalue weighted by Crippen LogP contribution is -2.01. The molecule has 168 valence electrons. The molecule has 0 fully saturated rings. The van der Waals surface area contributed by atoms with Crippen LogP contribution in [0.2, 0.25) is 0 Å². The van der Waals surface area contributed by atoms with E-state index in [0.717, 1.165) is 12.1 Å². The number of rotatable bonds is 6. The van der Waals surface area contributed by atoms with Crippen LogP contribution in [0.3, 0.4) is 0 Å². The van der Waals surface area contributed by atoms with Crippen LogP contribution < -0.4 is 5.32 Å². The van der Waals surface area contributed by atoms with Crippen LogP contribution in [0.4, 0.5) is 5.69 Å². The zero-order valence-electron chi connectivity index (χ0n) is 21.3. The average Bonchev–Trinajstić information content (AvgIpc) is 2.76. The quantitative estimate of drug-likeness (QED) is 0.364. The Labute approximate surface area is 192 Å². The fourth-order valence-corrected chi connectivity index (χ4v) is 2.88. The summed E-state index contributed by atoms with van der Waals surface area (Å²) in [7, 11) is 0. The molecule has 0 bridgehead atoms. The predicted molar refractivity (Wildman–Crippen MR) is 143 cm³/mol. The number of hydrogen-bond acceptors (Lipinski definition) is 1. The van der Waals surface area contributed by atoms with Crippen molar-refractivity contribution in [3.05, 3.63) is 107 Å². The summed E-state index contributed by atoms with van der Waals surface area (Å²) in [6.45, 7) is 22.4. The Balaban J connectivity index is 0.00000134. The van der Waals surface area contributed by atoms with Gasteiger partial charge in [-0.15, -0.1) is 6.58 Å². The molecule has 0 heterocycles. The highest BCUT2D eigenvalue weighted by Crippen LogP contribution is 2.27. The molecule has 0 unspecified atom stereocenters. The summed E-state index contributed by atoms with van der Waals surface area (Å²) in [6.07, 6.45) is 3.36. The molecule has 1 heteroatoms. The lowest BCUT2D eigenvalue weighted by molar-refractivity contribution is 1.19. The summed E-state index contributed by atoms with van der Waals surface area (Å²) in [6, 6.07) is 21.0. The summed E-state index contributed by atoms with van der Waals surface area (Å²) < 4.78 is 0. The highest BCUT2D eigenvalue weighted by molar-refractivity contribution is 5.70. The lowest BCUT2D eigenvalue weighted by Gasteiger charge is -2.15. The molecule has 31 heavy (non-hydrogen) atoms. The van der Waals surface area contributed by atoms with Gasteiger partial charge in [-0.1, -0.05) is 86.5 Å². The highest BCUT2D eigenvalue weighted by atomic mass is 14.9. The van der Waals surface area contributed by atoms with Gasteiger partial charge in [0.2, 0.25) is 0 Å². The van der Waals surface area contributed by atoms with Gasteiger partial charge in [-0.25, -0.2) is 0 Å². The average molecular weight is 418 g/mol. The normalized spacial score (nSPS) is 11.1. The second-order valence-electron chi connectivity index (χ2n) is 7.75. The molecule has 0 radical (unpaired) electrons. The summed E-state index contributed by atoms with van der Waals surface area (Å²) in [5.41, 5.74) is 10.0. The van der Waals surface area contributed by atoms with E-state index in [4.69, 9.17) is 0 Å². The van der Waals surface area contributed by atoms with Crippen molar-refractivity contribution in [2.45, 2.75) is 68.7 Å². The number of para-hydroxylation sites is 1. The molecule has 2 aromatic carbocycles. The predicted octanol–water partition coefficient (Wildman–Crippen LogP) is 9.83. The first-order valence-electron chi connectivity index (χ1n) is 11.3. The maximum absolute atomic E-state index is 3.56. The third-order valence-electron chi connectivity index (χ3n) is 4.45. The van der Waals surface area contributed by atoms with Crippen LogP contribution in [0, 0.1) is 0 Å². The molecule has 0 aliphatic rings. The number of hydrogen-bond donors (Lipinski definition) is 1. The summed E-state index contributed by atoms with van der Waals surface area (Å²) in [5, 5.41) is 3.52. The van der Waals surface area contributed by atoms with E-state index in [1.807, 2.05) is 33.8 Å². The molecule has 0 saturated carbocycles. The minimum absolute atomic E-state index is 1.01. The van der Waals surface area contributed by atoms with E-state index >= 15 is 0 Å². The van der Waals surface area contributed by atoms with Crippen LogP contribution in [0.25, 0.3) is 5.57 Å². The Bertz CT molecular complexity index is 857. The van der Waals surface area contributed by atoms with Crippen molar-refractivity contribution < 1.29 is 0 Å². The van der Waals surface area contributed by atoms with Crippen molar-refractivity contribution in [3.8, 4) is 0 Å². The monoisotopic (exact) mass is 417 g/mol. The Morgan fingerprint density at radius 3 is 1.68 bits per heavy atom. The van der Waals surface area contributed by atoms with Crippen LogP contribution in [0.1, 0.15) is 74.3 Å². The van der Waals surface area contributed by atoms with Gasteiger partial charge in [0.05, 0.1) is 0 Å². The Morgan fingerprint density at radius 1 is 0.806 bits per heavy atom. The van der Waals surface area contributed by atoms with Gasteiger partial charge in [0.15, 0.2) is 0 Å². The topological polar surface area (TPSA) is 12.0 Å². The third kappa shape index (κ3) is 11.2. The fraction of sp³-hybridized carbons (Fsp3) is 0.333. The molecule has 0 spiro atoms. The van der Waals surface area contributed by atoms with E-state index in [1.165, 1.54) is 39.1 Å². The van der Waals surface area contributed by atoms with Crippen molar-refractivity contribution >= 4 is 11.3 Å². The van der Waals surface area contributed by atoms with Gasteiger partial charge in [0.25, 0.3) is 0 Å². The molecule has 0 aliphatic heterocycles. The first-order chi connectivity index (χ1) is 14.8. The van der Waals surface area contributed by atoms with Crippen molar-refractivity contribution in [2.75, 3.05) is 5.32 Å². The van der Waals surface area contributed by atoms with E-state index < -0.39 is 0 Å². The largest absolute Gasteiger partial charge is 0.359 e. The van der Waals surface area contributed by atoms with Crippen molar-refractivity contribution in [1.82, 2.24) is 0 Å². The van der Waals surface area contributed by atoms with E-state index in [-0.39, 0.29) is 0 Å². The molecule has 0 aromatic heterocycles. The zero-order valence-corrected chi connectivity index (χ0v) is 21.3. The van der Waals surface area contributed by atoms with Crippen molar-refractivity contribution in [3.63, 3.8) is 0 Å². The molecule has 1 N–H and O–H groups in total. The SMILES string of the molecule is C=C(C)C.CC.CC/C(=C\C(=C(C)C)/C(C)=C(\C)Nc1ccccc1)c1ccccc1. The fourth-order valence-electron chi connectivity index (χ4n) is 2.88. The van der Waals surface area contributed by atoms with Gasteiger partial charge in [0.1, 0.15) is 0 Å². The van der Waals surface area contributed by atoms with Crippen LogP contribution >= 0.6 is 0 Å². The lowest BCUT2D eigenvalue weighted by atomic mass is 9.94. The molecule has 0 saturated heterocycles. The summed E-state index contributed by atoms with van der Waals surface area (Å²) in [5.74, 6) is 0. The molecular formula is C30H43N. The number of benzene rings is 2. The molecule has 1 nitrogen and oxygen atoms in total. The second kappa shape index (κ2) is 16.0. The van der Waals surface area contributed by atoms with Gasteiger partial charge in [-0.05, 0) is 82.4 Å². The molecule has 0 atom stereocenters. The molecule has 2 aromatic rings. The maximum atomic E-state index is 3.56. The van der Waals surface area contributed by atoms with Gasteiger partial charge < -0.3 is 5.32 Å². The second-order valence-corrected chi connectivity index (χ2v) is 7.75. The van der Waals surface area contributed by atoms with Gasteiger partial charge in [-0.2, -0.15) is 0 Å². The van der Waals surface area contributed by atoms with E-state index in [2.05, 4.69) is 107 Å². The van der Waals surface area contributed by atoms with E-state index in [0.29, 0.717) is 0 Å². The molecule has 0 aliphatic carbocycles. The van der Waals surface area contributed by atoms with Crippen LogP contribution in [-0.4, -0.2) is 0 Å². The van der Waals surface area contributed by atoms with Gasteiger partial charge in [0, 0.05) is 11.4 Å². The highest BCUT2D eigenvalue weighted by Gasteiger charge is 2.07. The molecule has 2 rings (SSSR count). The molecule has 0 amide bonds. The van der Waals surface area contributed by atoms with Crippen LogP contribution in [0.5, 0.6) is 0 Å². The smallest absolute Gasteiger partial charge is 0.0381 e. The van der Waals surface area contributed by atoms with Crippen LogP contribution in [0.15, 0.2) is 101 Å². The third-order valence-corrected chi connectivity index (χ3v) is 4.45. The summed E-state index contributed by atoms with van der Waals surface area (Å²) >= 11 is 0. The van der Waals surface area contributed by atoms with Crippen molar-refractivity contribution in [1.29, 1.82) is 0 Å². The minimum Gasteiger partial charge on any atom is -0.359 e. The van der Waals surface area contributed by atoms with Crippen LogP contribution in [-0.2, 0) is 0 Å². The van der Waals surface area contributed by atoms with Gasteiger partial charge in [-0.3, -0.25) is 0 Å². The standard InChI is InChI=1S/C24H29N.C4H8.C2H6/c1-6-21(22-13-9-7-10-14-22)17-24(18(2)3)19(4)20(5)25-23-15-11-8-12-16-23;1-4(2)3;1-2/h7-17,25H,6H2,1-5H3;1H2,2-3H3;1-2H3/b20-19+,21-17+;;. The van der Waals surface area contributed by atoms with E-state index in [9.17, 15) is 0 Å². The zero-order chi connectivity index (χ0) is 23.8. The van der Waals surface area contributed by atoms with Gasteiger partial charge >= 0.3 is 0 Å². The van der Waals surface area contributed by atoms with E-state index in [1.54, 1.807) is 0 Å². The first kappa shape index (κ1) is 28.2. The van der Waals surface area contributed by atoms with Crippen molar-refractivity contribution in [2.24, 2.45) is 0 Å². The Morgan fingerprint density at radius 2 is 1.26 bits per heavy atom.